The third-order valence-electron chi connectivity index (χ3n) is 3.45. The molecule has 1 saturated heterocycles. The van der Waals surface area contributed by atoms with Crippen LogP contribution in [0.4, 0.5) is 14.5 Å². The highest BCUT2D eigenvalue weighted by molar-refractivity contribution is 5.92. The number of halogens is 2. The van der Waals surface area contributed by atoms with E-state index in [0.29, 0.717) is 26.2 Å². The molecule has 3 rings (SSSR count). The largest absolute Gasteiger partial charge is 0.366 e. The van der Waals surface area contributed by atoms with E-state index in [4.69, 9.17) is 0 Å². The summed E-state index contributed by atoms with van der Waals surface area (Å²) in [6.07, 6.45) is 1.36. The Morgan fingerprint density at radius 3 is 2.62 bits per heavy atom. The number of carbonyl (C=O) groups is 1. The third kappa shape index (κ3) is 2.69. The second-order valence-electron chi connectivity index (χ2n) is 4.73. The molecule has 1 aliphatic rings. The van der Waals surface area contributed by atoms with E-state index in [0.717, 1.165) is 12.1 Å². The van der Waals surface area contributed by atoms with Crippen molar-refractivity contribution < 1.29 is 13.6 Å². The number of nitrogens with zero attached hydrogens (tertiary/aromatic N) is 4. The number of piperazine rings is 1. The first-order valence-corrected chi connectivity index (χ1v) is 6.50. The van der Waals surface area contributed by atoms with Crippen LogP contribution in [0, 0.1) is 11.6 Å². The van der Waals surface area contributed by atoms with Gasteiger partial charge in [0.1, 0.15) is 11.6 Å². The van der Waals surface area contributed by atoms with Crippen molar-refractivity contribution in [2.45, 2.75) is 0 Å². The Hall–Kier alpha value is -2.51. The van der Waals surface area contributed by atoms with Crippen LogP contribution in [-0.4, -0.2) is 52.4 Å². The number of hydrogen-bond donors (Lipinski definition) is 1. The molecular formula is C13H13F2N5O. The van der Waals surface area contributed by atoms with Crippen molar-refractivity contribution in [3.8, 4) is 0 Å². The van der Waals surface area contributed by atoms with E-state index in [1.807, 2.05) is 0 Å². The summed E-state index contributed by atoms with van der Waals surface area (Å²) in [6, 6.07) is 3.37. The van der Waals surface area contributed by atoms with Gasteiger partial charge in [-0.25, -0.2) is 8.78 Å². The van der Waals surface area contributed by atoms with E-state index >= 15 is 0 Å². The predicted octanol–water partition coefficient (Wildman–Crippen LogP) is 1.05. The summed E-state index contributed by atoms with van der Waals surface area (Å²) in [7, 11) is 0. The molecule has 110 valence electrons. The maximum atomic E-state index is 13.7. The molecule has 0 saturated carbocycles. The maximum absolute atomic E-state index is 13.7. The molecule has 2 aromatic rings. The van der Waals surface area contributed by atoms with Crippen LogP contribution in [0.5, 0.6) is 0 Å². The van der Waals surface area contributed by atoms with Gasteiger partial charge >= 0.3 is 0 Å². The molecule has 0 aliphatic carbocycles. The Morgan fingerprint density at radius 2 is 1.95 bits per heavy atom. The highest BCUT2D eigenvalue weighted by Crippen LogP contribution is 2.22. The van der Waals surface area contributed by atoms with Gasteiger partial charge in [0.25, 0.3) is 5.91 Å². The second-order valence-corrected chi connectivity index (χ2v) is 4.73. The lowest BCUT2D eigenvalue weighted by Gasteiger charge is -2.35. The fraction of sp³-hybridized carbons (Fsp3) is 0.308. The number of anilines is 1. The lowest BCUT2D eigenvalue weighted by molar-refractivity contribution is 0.0740. The number of H-pyrrole nitrogens is 1. The average molecular weight is 293 g/mol. The van der Waals surface area contributed by atoms with Gasteiger partial charge in [0.05, 0.1) is 11.9 Å². The predicted molar refractivity (Wildman–Crippen MR) is 70.9 cm³/mol. The zero-order valence-corrected chi connectivity index (χ0v) is 11.1. The average Bonchev–Trinajstić information content (AvgIpc) is 3.03. The van der Waals surface area contributed by atoms with Crippen molar-refractivity contribution in [3.05, 3.63) is 41.7 Å². The van der Waals surface area contributed by atoms with E-state index in [9.17, 15) is 13.6 Å². The summed E-state index contributed by atoms with van der Waals surface area (Å²) in [5.74, 6) is -1.16. The molecule has 0 unspecified atom stereocenters. The molecule has 1 N–H and O–H groups in total. The van der Waals surface area contributed by atoms with Crippen LogP contribution < -0.4 is 4.90 Å². The lowest BCUT2D eigenvalue weighted by atomic mass is 10.2. The van der Waals surface area contributed by atoms with Crippen LogP contribution in [-0.2, 0) is 0 Å². The van der Waals surface area contributed by atoms with E-state index < -0.39 is 11.6 Å². The molecule has 1 fully saturated rings. The van der Waals surface area contributed by atoms with Crippen molar-refractivity contribution in [1.82, 2.24) is 20.3 Å². The zero-order valence-electron chi connectivity index (χ0n) is 11.1. The van der Waals surface area contributed by atoms with E-state index in [1.54, 1.807) is 9.80 Å². The van der Waals surface area contributed by atoms with Crippen molar-refractivity contribution in [3.63, 3.8) is 0 Å². The Morgan fingerprint density at radius 1 is 1.19 bits per heavy atom. The number of amides is 1. The Bertz CT molecular complexity index is 638. The number of aromatic amines is 1. The Balaban J connectivity index is 1.68. The molecule has 0 spiro atoms. The maximum Gasteiger partial charge on any atom is 0.276 e. The van der Waals surface area contributed by atoms with Crippen molar-refractivity contribution in [1.29, 1.82) is 0 Å². The fourth-order valence-electron chi connectivity index (χ4n) is 2.35. The van der Waals surface area contributed by atoms with Gasteiger partial charge in [-0.05, 0) is 12.1 Å². The number of aromatic nitrogens is 3. The van der Waals surface area contributed by atoms with Crippen LogP contribution in [0.1, 0.15) is 10.5 Å². The molecule has 2 heterocycles. The number of hydrogen-bond acceptors (Lipinski definition) is 4. The Labute approximate surface area is 119 Å². The number of rotatable bonds is 2. The van der Waals surface area contributed by atoms with E-state index in [1.165, 1.54) is 12.3 Å². The molecule has 1 aromatic carbocycles. The molecule has 1 aromatic heterocycles. The fourth-order valence-corrected chi connectivity index (χ4v) is 2.35. The summed E-state index contributed by atoms with van der Waals surface area (Å²) in [6.45, 7) is 1.71. The minimum Gasteiger partial charge on any atom is -0.366 e. The lowest BCUT2D eigenvalue weighted by Crippen LogP contribution is -2.49. The molecule has 0 atom stereocenters. The molecule has 21 heavy (non-hydrogen) atoms. The van der Waals surface area contributed by atoms with E-state index in [-0.39, 0.29) is 17.3 Å². The summed E-state index contributed by atoms with van der Waals surface area (Å²) >= 11 is 0. The normalized spacial score (nSPS) is 15.3. The van der Waals surface area contributed by atoms with Gasteiger partial charge in [-0.3, -0.25) is 4.79 Å². The molecule has 0 bridgehead atoms. The topological polar surface area (TPSA) is 65.1 Å². The minimum absolute atomic E-state index is 0.219. The van der Waals surface area contributed by atoms with Gasteiger partial charge in [0.15, 0.2) is 5.69 Å². The van der Waals surface area contributed by atoms with Gasteiger partial charge in [0.2, 0.25) is 0 Å². The first kappa shape index (κ1) is 13.5. The molecule has 1 aliphatic heterocycles. The molecule has 6 nitrogen and oxygen atoms in total. The van der Waals surface area contributed by atoms with Gasteiger partial charge in [-0.2, -0.15) is 15.4 Å². The standard InChI is InChI=1S/C13H13F2N5O/c14-9-1-2-10(15)12(7-9)19-3-5-20(6-4-19)13(21)11-8-16-18-17-11/h1-2,7-8H,3-6H2,(H,16,17,18). The monoisotopic (exact) mass is 293 g/mol. The molecule has 1 amide bonds. The van der Waals surface area contributed by atoms with Gasteiger partial charge in [0, 0.05) is 32.2 Å². The van der Waals surface area contributed by atoms with Crippen molar-refractivity contribution >= 4 is 11.6 Å². The minimum atomic E-state index is -0.479. The quantitative estimate of drug-likeness (QED) is 0.898. The first-order valence-electron chi connectivity index (χ1n) is 6.50. The first-order chi connectivity index (χ1) is 10.1. The number of nitrogens with one attached hydrogen (secondary N) is 1. The smallest absolute Gasteiger partial charge is 0.276 e. The van der Waals surface area contributed by atoms with Gasteiger partial charge < -0.3 is 9.80 Å². The van der Waals surface area contributed by atoms with E-state index in [2.05, 4.69) is 15.4 Å². The van der Waals surface area contributed by atoms with Crippen LogP contribution in [0.15, 0.2) is 24.4 Å². The van der Waals surface area contributed by atoms with Crippen LogP contribution >= 0.6 is 0 Å². The highest BCUT2D eigenvalue weighted by atomic mass is 19.1. The summed E-state index contributed by atoms with van der Waals surface area (Å²) < 4.78 is 26.9. The van der Waals surface area contributed by atoms with Crippen LogP contribution in [0.3, 0.4) is 0 Å². The number of benzene rings is 1. The van der Waals surface area contributed by atoms with Crippen LogP contribution in [0.2, 0.25) is 0 Å². The van der Waals surface area contributed by atoms with Gasteiger partial charge in [-0.1, -0.05) is 0 Å². The number of carbonyl (C=O) groups excluding carboxylic acids is 1. The van der Waals surface area contributed by atoms with Crippen molar-refractivity contribution in [2.24, 2.45) is 0 Å². The van der Waals surface area contributed by atoms with Crippen molar-refractivity contribution in [2.75, 3.05) is 31.1 Å². The summed E-state index contributed by atoms with van der Waals surface area (Å²) in [5.41, 5.74) is 0.476. The summed E-state index contributed by atoms with van der Waals surface area (Å²) in [4.78, 5) is 15.4. The third-order valence-corrected chi connectivity index (χ3v) is 3.45. The highest BCUT2D eigenvalue weighted by Gasteiger charge is 2.25. The van der Waals surface area contributed by atoms with Gasteiger partial charge in [-0.15, -0.1) is 0 Å². The Kier molecular flexibility index (Phi) is 3.51. The molecule has 8 heteroatoms. The molecule has 0 radical (unpaired) electrons. The summed E-state index contributed by atoms with van der Waals surface area (Å²) in [5, 5.41) is 9.73. The SMILES string of the molecule is O=C(c1cn[nH]n1)N1CCN(c2cc(F)ccc2F)CC1. The zero-order chi connectivity index (χ0) is 14.8. The second kappa shape index (κ2) is 5.47. The molecular weight excluding hydrogens is 280 g/mol. The van der Waals surface area contributed by atoms with Crippen LogP contribution in [0.25, 0.3) is 0 Å².